The molecule has 256 valence electrons. The Kier molecular flexibility index (Phi) is 9.94. The zero-order chi connectivity index (χ0) is 34.5. The number of nitrogens with zero attached hydrogens (tertiary/aromatic N) is 4. The van der Waals surface area contributed by atoms with Gasteiger partial charge >= 0.3 is 12.1 Å². The van der Waals surface area contributed by atoms with E-state index in [1.807, 2.05) is 111 Å². The van der Waals surface area contributed by atoms with Gasteiger partial charge in [0.25, 0.3) is 5.91 Å². The number of hydrogen-bond donors (Lipinski definition) is 1. The van der Waals surface area contributed by atoms with Gasteiger partial charge in [-0.3, -0.25) is 4.79 Å². The van der Waals surface area contributed by atoms with E-state index >= 15 is 0 Å². The van der Waals surface area contributed by atoms with E-state index in [9.17, 15) is 14.4 Å². The van der Waals surface area contributed by atoms with Crippen molar-refractivity contribution < 1.29 is 23.9 Å². The van der Waals surface area contributed by atoms with Crippen molar-refractivity contribution in [2.45, 2.75) is 45.8 Å². The maximum atomic E-state index is 14.8. The molecule has 2 aliphatic rings. The van der Waals surface area contributed by atoms with E-state index in [4.69, 9.17) is 9.47 Å². The number of benzene rings is 3. The Morgan fingerprint density at radius 1 is 0.898 bits per heavy atom. The second kappa shape index (κ2) is 14.5. The molecular formula is C39H45N5O5. The van der Waals surface area contributed by atoms with Gasteiger partial charge in [-0.05, 0) is 63.4 Å². The molecule has 6 rings (SSSR count). The molecule has 0 bridgehead atoms. The molecule has 2 saturated heterocycles. The molecule has 1 aromatic heterocycles. The first-order valence-corrected chi connectivity index (χ1v) is 16.9. The zero-order valence-electron chi connectivity index (χ0n) is 28.7. The number of carbonyl (C=O) groups excluding carboxylic acids is 3. The predicted octanol–water partition coefficient (Wildman–Crippen LogP) is 6.16. The number of urea groups is 1. The Balaban J connectivity index is 1.32. The van der Waals surface area contributed by atoms with E-state index in [0.717, 1.165) is 28.2 Å². The van der Waals surface area contributed by atoms with Crippen molar-refractivity contribution in [1.82, 2.24) is 24.6 Å². The third-order valence-electron chi connectivity index (χ3n) is 8.82. The minimum Gasteiger partial charge on any atom is -0.492 e. The topological polar surface area (TPSA) is 96.3 Å². The van der Waals surface area contributed by atoms with Crippen LogP contribution in [0.15, 0.2) is 91.0 Å². The van der Waals surface area contributed by atoms with E-state index in [2.05, 4.69) is 22.0 Å². The third kappa shape index (κ3) is 7.91. The van der Waals surface area contributed by atoms with Gasteiger partial charge in [-0.1, -0.05) is 66.7 Å². The van der Waals surface area contributed by atoms with Crippen LogP contribution in [0.5, 0.6) is 5.75 Å². The quantitative estimate of drug-likeness (QED) is 0.232. The van der Waals surface area contributed by atoms with Crippen LogP contribution in [0, 0.1) is 6.92 Å². The predicted molar refractivity (Wildman–Crippen MR) is 189 cm³/mol. The number of piperazine rings is 1. The van der Waals surface area contributed by atoms with Crippen LogP contribution in [0.2, 0.25) is 0 Å². The maximum Gasteiger partial charge on any atom is 0.410 e. The van der Waals surface area contributed by atoms with Crippen LogP contribution in [-0.4, -0.2) is 94.8 Å². The van der Waals surface area contributed by atoms with Gasteiger partial charge < -0.3 is 34.1 Å². The number of aryl methyl sites for hydroxylation is 1. The van der Waals surface area contributed by atoms with Crippen molar-refractivity contribution >= 4 is 18.0 Å². The van der Waals surface area contributed by atoms with Crippen molar-refractivity contribution in [2.24, 2.45) is 0 Å². The number of carbonyl (C=O) groups is 3. The van der Waals surface area contributed by atoms with Crippen molar-refractivity contribution in [1.29, 1.82) is 0 Å². The van der Waals surface area contributed by atoms with Crippen LogP contribution < -0.4 is 10.1 Å². The normalized spacial score (nSPS) is 16.4. The SMILES string of the molecule is Cc1cc(C(=O)N2CCN(C(=O)OC(C)(C)C)C[C@H]2Cc2ccccc2)c(-c2ccccc2)n1-c1cccc(OCCN2CCNC2=O)c1. The highest BCUT2D eigenvalue weighted by molar-refractivity contribution is 6.01. The maximum absolute atomic E-state index is 14.8. The molecule has 4 aromatic rings. The summed E-state index contributed by atoms with van der Waals surface area (Å²) >= 11 is 0. The minimum atomic E-state index is -0.614. The van der Waals surface area contributed by atoms with E-state index in [0.29, 0.717) is 63.6 Å². The van der Waals surface area contributed by atoms with Crippen LogP contribution in [0.25, 0.3) is 16.9 Å². The average molecular weight is 664 g/mol. The fourth-order valence-corrected chi connectivity index (χ4v) is 6.56. The van der Waals surface area contributed by atoms with Gasteiger partial charge in [0.05, 0.1) is 23.8 Å². The van der Waals surface area contributed by atoms with Gasteiger partial charge in [0.15, 0.2) is 0 Å². The molecule has 0 unspecified atom stereocenters. The molecule has 0 saturated carbocycles. The monoisotopic (exact) mass is 663 g/mol. The number of nitrogens with one attached hydrogen (secondary N) is 1. The van der Waals surface area contributed by atoms with Gasteiger partial charge in [0.2, 0.25) is 0 Å². The summed E-state index contributed by atoms with van der Waals surface area (Å²) in [6, 6.07) is 29.5. The Morgan fingerprint density at radius 3 is 2.33 bits per heavy atom. The van der Waals surface area contributed by atoms with Crippen LogP contribution in [0.1, 0.15) is 42.4 Å². The molecule has 0 spiro atoms. The van der Waals surface area contributed by atoms with Crippen LogP contribution >= 0.6 is 0 Å². The summed E-state index contributed by atoms with van der Waals surface area (Å²) in [5.41, 5.74) is 4.55. The Hall–Kier alpha value is -5.25. The number of ether oxygens (including phenoxy) is 2. The van der Waals surface area contributed by atoms with Crippen LogP contribution in [0.4, 0.5) is 9.59 Å². The molecule has 49 heavy (non-hydrogen) atoms. The lowest BCUT2D eigenvalue weighted by Crippen LogP contribution is -2.57. The van der Waals surface area contributed by atoms with Gasteiger partial charge in [0.1, 0.15) is 18.0 Å². The first-order valence-electron chi connectivity index (χ1n) is 16.9. The van der Waals surface area contributed by atoms with Crippen molar-refractivity contribution in [2.75, 3.05) is 45.9 Å². The number of amides is 4. The molecule has 4 amide bonds. The second-order valence-corrected chi connectivity index (χ2v) is 13.6. The summed E-state index contributed by atoms with van der Waals surface area (Å²) in [6.45, 7) is 10.9. The number of aromatic nitrogens is 1. The molecule has 2 aliphatic heterocycles. The fourth-order valence-electron chi connectivity index (χ4n) is 6.56. The van der Waals surface area contributed by atoms with Crippen LogP contribution in [0.3, 0.4) is 0 Å². The van der Waals surface area contributed by atoms with E-state index < -0.39 is 5.60 Å². The standard InChI is InChI=1S/C39H45N5O5/c1-28-24-34(36(45)43-21-20-42(38(47)49-39(2,3)4)27-32(43)25-29-12-7-5-8-13-29)35(30-14-9-6-10-15-30)44(28)31-16-11-17-33(26-31)48-23-22-41-19-18-40-37(41)46/h5-17,24,26,32H,18-23,25,27H2,1-4H3,(H,40,46)/t32-/m1/s1. The minimum absolute atomic E-state index is 0.0673. The van der Waals surface area contributed by atoms with E-state index in [1.165, 1.54) is 0 Å². The molecule has 1 N–H and O–H groups in total. The van der Waals surface area contributed by atoms with E-state index in [-0.39, 0.29) is 24.1 Å². The molecule has 10 nitrogen and oxygen atoms in total. The summed E-state index contributed by atoms with van der Waals surface area (Å²) in [5, 5.41) is 2.82. The molecule has 10 heteroatoms. The van der Waals surface area contributed by atoms with Gasteiger partial charge in [0, 0.05) is 50.2 Å². The Bertz CT molecular complexity index is 1780. The molecule has 3 heterocycles. The second-order valence-electron chi connectivity index (χ2n) is 13.6. The van der Waals surface area contributed by atoms with Gasteiger partial charge in [-0.15, -0.1) is 0 Å². The highest BCUT2D eigenvalue weighted by atomic mass is 16.6. The smallest absolute Gasteiger partial charge is 0.410 e. The highest BCUT2D eigenvalue weighted by Crippen LogP contribution is 2.34. The molecule has 3 aromatic carbocycles. The van der Waals surface area contributed by atoms with Gasteiger partial charge in [-0.2, -0.15) is 0 Å². The van der Waals surface area contributed by atoms with Crippen molar-refractivity contribution in [3.05, 3.63) is 108 Å². The summed E-state index contributed by atoms with van der Waals surface area (Å²) in [5.74, 6) is 0.597. The van der Waals surface area contributed by atoms with Crippen molar-refractivity contribution in [3.63, 3.8) is 0 Å². The Labute approximate surface area is 288 Å². The lowest BCUT2D eigenvalue weighted by molar-refractivity contribution is 0.00440. The van der Waals surface area contributed by atoms with Crippen LogP contribution in [-0.2, 0) is 11.2 Å². The molecule has 1 atom stereocenters. The first-order chi connectivity index (χ1) is 23.6. The molecular weight excluding hydrogens is 618 g/mol. The summed E-state index contributed by atoms with van der Waals surface area (Å²) in [7, 11) is 0. The fraction of sp³-hybridized carbons (Fsp3) is 0.359. The lowest BCUT2D eigenvalue weighted by atomic mass is 10.00. The first kappa shape index (κ1) is 33.6. The number of hydrogen-bond acceptors (Lipinski definition) is 5. The third-order valence-corrected chi connectivity index (χ3v) is 8.82. The van der Waals surface area contributed by atoms with Gasteiger partial charge in [-0.25, -0.2) is 9.59 Å². The zero-order valence-corrected chi connectivity index (χ0v) is 28.7. The summed E-state index contributed by atoms with van der Waals surface area (Å²) in [4.78, 5) is 45.2. The van der Waals surface area contributed by atoms with E-state index in [1.54, 1.807) is 9.80 Å². The average Bonchev–Trinajstić information content (AvgIpc) is 3.66. The molecule has 2 fully saturated rings. The highest BCUT2D eigenvalue weighted by Gasteiger charge is 2.36. The van der Waals surface area contributed by atoms with Crippen molar-refractivity contribution in [3.8, 4) is 22.7 Å². The molecule has 0 aliphatic carbocycles. The largest absolute Gasteiger partial charge is 0.492 e. The molecule has 0 radical (unpaired) electrons. The summed E-state index contributed by atoms with van der Waals surface area (Å²) in [6.07, 6.45) is 0.237. The lowest BCUT2D eigenvalue weighted by Gasteiger charge is -2.42. The Morgan fingerprint density at radius 2 is 1.63 bits per heavy atom. The summed E-state index contributed by atoms with van der Waals surface area (Å²) < 4.78 is 13.9. The number of rotatable bonds is 9.